The fourth-order valence-electron chi connectivity index (χ4n) is 1.51. The fourth-order valence-corrected chi connectivity index (χ4v) is 1.51. The van der Waals surface area contributed by atoms with Crippen molar-refractivity contribution in [2.75, 3.05) is 17.3 Å². The number of carboxylic acid groups (broad SMARTS) is 1. The molecule has 0 radical (unpaired) electrons. The van der Waals surface area contributed by atoms with E-state index in [1.165, 1.54) is 6.21 Å². The summed E-state index contributed by atoms with van der Waals surface area (Å²) in [7, 11) is 0. The van der Waals surface area contributed by atoms with Crippen LogP contribution in [0.3, 0.4) is 0 Å². The first kappa shape index (κ1) is 11.1. The average Bonchev–Trinajstić information content (AvgIpc) is 2.84. The number of carbonyl (C=O) groups excluding carboxylic acids is 1. The largest absolute Gasteiger partial charge is 0.550 e. The Morgan fingerprint density at radius 3 is 3.00 bits per heavy atom. The van der Waals surface area contributed by atoms with Gasteiger partial charge < -0.3 is 20.7 Å². The number of nitrogens with two attached hydrogens (primary N) is 1. The summed E-state index contributed by atoms with van der Waals surface area (Å²) >= 11 is 0. The highest BCUT2D eigenvalue weighted by atomic mass is 16.6. The zero-order valence-corrected chi connectivity index (χ0v) is 8.53. The number of aliphatic carboxylic acids is 1. The maximum atomic E-state index is 10.7. The predicted octanol–water partition coefficient (Wildman–Crippen LogP) is -3.17. The number of carbonyl (C=O) groups is 1. The number of nitrogens with one attached hydrogen (secondary N) is 1. The minimum atomic E-state index is -1.35. The van der Waals surface area contributed by atoms with Crippen molar-refractivity contribution < 1.29 is 19.6 Å². The van der Waals surface area contributed by atoms with Crippen LogP contribution >= 0.6 is 0 Å². The van der Waals surface area contributed by atoms with Crippen molar-refractivity contribution in [3.8, 4) is 0 Å². The minimum absolute atomic E-state index is 0.0396. The van der Waals surface area contributed by atoms with Crippen LogP contribution < -0.4 is 21.4 Å². The molecule has 0 aromatic carbocycles. The molecule has 1 aromatic rings. The van der Waals surface area contributed by atoms with Crippen LogP contribution in [-0.2, 0) is 4.79 Å². The molecular formula is C7H9N6O4-. The molecule has 1 aromatic heterocycles. The fraction of sp³-hybridized carbons (Fsp3) is 0.429. The van der Waals surface area contributed by atoms with Crippen LogP contribution in [0.2, 0.25) is 0 Å². The monoisotopic (exact) mass is 241 g/mol. The molecule has 92 valence electrons. The van der Waals surface area contributed by atoms with E-state index < -0.39 is 24.5 Å². The van der Waals surface area contributed by atoms with Crippen LogP contribution in [0.25, 0.3) is 0 Å². The van der Waals surface area contributed by atoms with Gasteiger partial charge in [-0.05, 0) is 10.3 Å². The Morgan fingerprint density at radius 2 is 2.47 bits per heavy atom. The third kappa shape index (κ3) is 1.73. The highest BCUT2D eigenvalue weighted by Crippen LogP contribution is 2.28. The summed E-state index contributed by atoms with van der Waals surface area (Å²) in [6, 6.07) is 0. The number of anilines is 2. The molecule has 0 aliphatic carbocycles. The Kier molecular flexibility index (Phi) is 2.55. The van der Waals surface area contributed by atoms with Gasteiger partial charge in [0, 0.05) is 12.4 Å². The predicted molar refractivity (Wildman–Crippen MR) is 52.3 cm³/mol. The molecule has 2 heterocycles. The summed E-state index contributed by atoms with van der Waals surface area (Å²) in [5, 5.41) is 31.7. The Morgan fingerprint density at radius 1 is 1.71 bits per heavy atom. The van der Waals surface area contributed by atoms with Crippen LogP contribution in [0.1, 0.15) is 6.42 Å². The molecule has 10 heteroatoms. The summed E-state index contributed by atoms with van der Waals surface area (Å²) in [5.74, 6) is -1.37. The number of hydrogen-bond donors (Lipinski definition) is 3. The zero-order chi connectivity index (χ0) is 12.5. The van der Waals surface area contributed by atoms with Crippen LogP contribution in [0.15, 0.2) is 9.73 Å². The minimum Gasteiger partial charge on any atom is -0.550 e. The lowest BCUT2D eigenvalue weighted by atomic mass is 9.97. The van der Waals surface area contributed by atoms with Gasteiger partial charge in [-0.2, -0.15) is 5.10 Å². The van der Waals surface area contributed by atoms with E-state index >= 15 is 0 Å². The molecule has 1 aliphatic heterocycles. The maximum absolute atomic E-state index is 10.7. The van der Waals surface area contributed by atoms with E-state index in [4.69, 9.17) is 5.73 Å². The number of aromatic nitrogens is 2. The van der Waals surface area contributed by atoms with E-state index in [2.05, 4.69) is 25.6 Å². The lowest BCUT2D eigenvalue weighted by Gasteiger charge is -2.33. The smallest absolute Gasteiger partial charge is 0.238 e. The molecule has 0 bridgehead atoms. The lowest BCUT2D eigenvalue weighted by molar-refractivity contribution is -0.306. The van der Waals surface area contributed by atoms with Crippen molar-refractivity contribution in [2.24, 2.45) is 5.10 Å². The number of aliphatic hydroxyl groups is 1. The number of rotatable bonds is 4. The van der Waals surface area contributed by atoms with Gasteiger partial charge in [0.15, 0.2) is 0 Å². The van der Waals surface area contributed by atoms with Crippen molar-refractivity contribution in [1.29, 1.82) is 0 Å². The number of nitrogen functional groups attached to an aromatic ring is 1. The molecule has 2 rings (SSSR count). The molecule has 0 fully saturated rings. The number of hydrazone groups is 1. The van der Waals surface area contributed by atoms with Gasteiger partial charge in [-0.15, -0.1) is 0 Å². The molecule has 10 nitrogen and oxygen atoms in total. The summed E-state index contributed by atoms with van der Waals surface area (Å²) in [4.78, 5) is 10.7. The van der Waals surface area contributed by atoms with E-state index in [9.17, 15) is 15.0 Å². The number of nitrogens with zero attached hydrogens (tertiary/aromatic N) is 4. The van der Waals surface area contributed by atoms with E-state index in [0.717, 1.165) is 5.01 Å². The number of carboxylic acids is 1. The summed E-state index contributed by atoms with van der Waals surface area (Å²) in [6.07, 6.45) is 0.739. The van der Waals surface area contributed by atoms with Gasteiger partial charge in [-0.1, -0.05) is 0 Å². The van der Waals surface area contributed by atoms with Gasteiger partial charge in [0.1, 0.15) is 5.54 Å². The van der Waals surface area contributed by atoms with Crippen LogP contribution in [0, 0.1) is 0 Å². The van der Waals surface area contributed by atoms with Crippen molar-refractivity contribution in [3.63, 3.8) is 0 Å². The average molecular weight is 241 g/mol. The summed E-state index contributed by atoms with van der Waals surface area (Å²) in [6.45, 7) is -0.524. The third-order valence-corrected chi connectivity index (χ3v) is 2.34. The summed E-state index contributed by atoms with van der Waals surface area (Å²) < 4.78 is 4.39. The van der Waals surface area contributed by atoms with E-state index in [1.54, 1.807) is 0 Å². The first-order valence-electron chi connectivity index (χ1n) is 4.58. The Hall–Kier alpha value is -2.36. The second-order valence-corrected chi connectivity index (χ2v) is 3.48. The van der Waals surface area contributed by atoms with Gasteiger partial charge >= 0.3 is 0 Å². The lowest BCUT2D eigenvalue weighted by Crippen LogP contribution is -2.56. The Labute approximate surface area is 94.6 Å². The molecule has 1 unspecified atom stereocenters. The van der Waals surface area contributed by atoms with Crippen LogP contribution in [0.5, 0.6) is 0 Å². The zero-order valence-electron chi connectivity index (χ0n) is 8.53. The second-order valence-electron chi connectivity index (χ2n) is 3.48. The van der Waals surface area contributed by atoms with Crippen molar-refractivity contribution in [3.05, 3.63) is 0 Å². The normalized spacial score (nSPS) is 22.8. The Bertz CT molecular complexity index is 459. The highest BCUT2D eigenvalue weighted by molar-refractivity contribution is 5.85. The first-order valence-corrected chi connectivity index (χ1v) is 4.58. The van der Waals surface area contributed by atoms with Gasteiger partial charge in [0.25, 0.3) is 0 Å². The highest BCUT2D eigenvalue weighted by Gasteiger charge is 2.42. The topological polar surface area (TPSA) is 153 Å². The molecule has 0 spiro atoms. The standard InChI is InChI=1S/C7H10N6O4/c8-5-6(11-17-10-5)13-7(3-14,1-4(15)16)2-9-12-13/h2,12,14H,1,3H2,(H2,8,10)(H,15,16)/p-1. The van der Waals surface area contributed by atoms with Crippen LogP contribution in [-0.4, -0.2) is 39.7 Å². The van der Waals surface area contributed by atoms with Crippen molar-refractivity contribution in [2.45, 2.75) is 12.0 Å². The number of hydrazine groups is 1. The molecule has 0 saturated carbocycles. The summed E-state index contributed by atoms with van der Waals surface area (Å²) in [5.41, 5.74) is 6.61. The Balaban J connectivity index is 2.34. The van der Waals surface area contributed by atoms with E-state index in [-0.39, 0.29) is 11.6 Å². The molecule has 0 amide bonds. The molecular weight excluding hydrogens is 232 g/mol. The molecule has 1 aliphatic rings. The van der Waals surface area contributed by atoms with Gasteiger partial charge in [-0.25, -0.2) is 15.2 Å². The van der Waals surface area contributed by atoms with Gasteiger partial charge in [0.2, 0.25) is 11.6 Å². The third-order valence-electron chi connectivity index (χ3n) is 2.34. The van der Waals surface area contributed by atoms with Gasteiger partial charge in [0.05, 0.1) is 12.8 Å². The van der Waals surface area contributed by atoms with E-state index in [1.807, 2.05) is 0 Å². The van der Waals surface area contributed by atoms with Crippen LogP contribution in [0.4, 0.5) is 11.6 Å². The molecule has 17 heavy (non-hydrogen) atoms. The quantitative estimate of drug-likeness (QED) is 0.495. The number of aliphatic hydroxyl groups excluding tert-OH is 1. The molecule has 1 atom stereocenters. The van der Waals surface area contributed by atoms with Gasteiger partial charge in [-0.3, -0.25) is 0 Å². The van der Waals surface area contributed by atoms with E-state index in [0.29, 0.717) is 0 Å². The van der Waals surface area contributed by atoms with Crippen molar-refractivity contribution in [1.82, 2.24) is 15.8 Å². The maximum Gasteiger partial charge on any atom is 0.238 e. The molecule has 4 N–H and O–H groups in total. The molecule has 0 saturated heterocycles. The second kappa shape index (κ2) is 3.90. The van der Waals surface area contributed by atoms with Crippen molar-refractivity contribution >= 4 is 23.8 Å². The first-order chi connectivity index (χ1) is 8.09. The SMILES string of the molecule is Nc1nonc1N1NN=CC1(CO)CC(=O)[O-]. The number of hydrogen-bond acceptors (Lipinski definition) is 10.